The summed E-state index contributed by atoms with van der Waals surface area (Å²) in [7, 11) is 0. The van der Waals surface area contributed by atoms with E-state index in [9.17, 15) is 24.3 Å². The molecule has 10 nitrogen and oxygen atoms in total. The standard InChI is InChI=1S/C18H34N4O6S/c1-9(2)8-12(19)16(25)20-10(3)15(24)21-13(6-7-29-5)17(26)22-14(11(4)23)18(27)28/h9-14,23H,6-8,19H2,1-5H3,(H,20,25)(H,21,24)(H,22,26)(H,27,28). The van der Waals surface area contributed by atoms with Gasteiger partial charge in [-0.05, 0) is 44.6 Å². The molecular formula is C18H34N4O6S. The Morgan fingerprint density at radius 3 is 2.00 bits per heavy atom. The quantitative estimate of drug-likeness (QED) is 0.215. The Kier molecular flexibility index (Phi) is 12.5. The zero-order valence-corrected chi connectivity index (χ0v) is 18.4. The number of nitrogens with one attached hydrogen (secondary N) is 3. The van der Waals surface area contributed by atoms with Crippen molar-refractivity contribution >= 4 is 35.5 Å². The van der Waals surface area contributed by atoms with E-state index in [-0.39, 0.29) is 12.3 Å². The van der Waals surface area contributed by atoms with Crippen molar-refractivity contribution in [1.82, 2.24) is 16.0 Å². The van der Waals surface area contributed by atoms with Crippen LogP contribution in [-0.4, -0.2) is 76.2 Å². The van der Waals surface area contributed by atoms with Crippen LogP contribution in [0.3, 0.4) is 0 Å². The van der Waals surface area contributed by atoms with Gasteiger partial charge in [0.2, 0.25) is 17.7 Å². The van der Waals surface area contributed by atoms with Gasteiger partial charge in [0.15, 0.2) is 6.04 Å². The van der Waals surface area contributed by atoms with Gasteiger partial charge in [-0.15, -0.1) is 0 Å². The summed E-state index contributed by atoms with van der Waals surface area (Å²) >= 11 is 1.45. The minimum absolute atomic E-state index is 0.218. The number of carbonyl (C=O) groups is 4. The third-order valence-corrected chi connectivity index (χ3v) is 4.75. The van der Waals surface area contributed by atoms with E-state index in [1.54, 1.807) is 0 Å². The molecule has 0 aliphatic carbocycles. The Bertz CT molecular complexity index is 573. The summed E-state index contributed by atoms with van der Waals surface area (Å²) < 4.78 is 0. The highest BCUT2D eigenvalue weighted by Crippen LogP contribution is 2.05. The summed E-state index contributed by atoms with van der Waals surface area (Å²) in [5.74, 6) is -2.42. The molecule has 5 atom stereocenters. The van der Waals surface area contributed by atoms with Gasteiger partial charge in [0, 0.05) is 0 Å². The zero-order valence-electron chi connectivity index (χ0n) is 17.6. The molecule has 0 saturated carbocycles. The molecule has 0 rings (SSSR count). The fourth-order valence-electron chi connectivity index (χ4n) is 2.44. The van der Waals surface area contributed by atoms with E-state index in [0.717, 1.165) is 0 Å². The maximum absolute atomic E-state index is 12.5. The lowest BCUT2D eigenvalue weighted by Gasteiger charge is -2.24. The molecule has 0 aliphatic rings. The molecule has 0 fully saturated rings. The van der Waals surface area contributed by atoms with E-state index in [2.05, 4.69) is 16.0 Å². The fourth-order valence-corrected chi connectivity index (χ4v) is 2.92. The number of carbonyl (C=O) groups excluding carboxylic acids is 3. The molecule has 0 aromatic rings. The minimum atomic E-state index is -1.50. The number of carboxylic acids is 1. The first kappa shape index (κ1) is 27.1. The number of aliphatic carboxylic acids is 1. The summed E-state index contributed by atoms with van der Waals surface area (Å²) in [4.78, 5) is 48.2. The number of hydrogen-bond acceptors (Lipinski definition) is 7. The van der Waals surface area contributed by atoms with Crippen molar-refractivity contribution in [2.45, 2.75) is 70.8 Å². The summed E-state index contributed by atoms with van der Waals surface area (Å²) in [6.45, 7) is 6.56. The van der Waals surface area contributed by atoms with Crippen molar-refractivity contribution in [1.29, 1.82) is 0 Å². The molecule has 0 aliphatic heterocycles. The number of rotatable bonds is 13. The van der Waals surface area contributed by atoms with E-state index in [4.69, 9.17) is 10.8 Å². The van der Waals surface area contributed by atoms with Gasteiger partial charge in [-0.25, -0.2) is 4.79 Å². The van der Waals surface area contributed by atoms with Crippen LogP contribution in [0.1, 0.15) is 40.5 Å². The maximum atomic E-state index is 12.5. The predicted octanol–water partition coefficient (Wildman–Crippen LogP) is -0.947. The summed E-state index contributed by atoms with van der Waals surface area (Å²) in [5.41, 5.74) is 5.80. The second-order valence-electron chi connectivity index (χ2n) is 7.37. The molecule has 7 N–H and O–H groups in total. The summed E-state index contributed by atoms with van der Waals surface area (Å²) in [6, 6.07) is -4.19. The summed E-state index contributed by atoms with van der Waals surface area (Å²) in [6.07, 6.45) is 1.23. The van der Waals surface area contributed by atoms with E-state index in [1.165, 1.54) is 25.6 Å². The Morgan fingerprint density at radius 2 is 1.55 bits per heavy atom. The number of carboxylic acid groups (broad SMARTS) is 1. The molecule has 0 bridgehead atoms. The van der Waals surface area contributed by atoms with Crippen LogP contribution in [0, 0.1) is 5.92 Å². The average Bonchev–Trinajstić information content (AvgIpc) is 2.61. The van der Waals surface area contributed by atoms with Crippen molar-refractivity contribution < 1.29 is 29.4 Å². The molecule has 0 saturated heterocycles. The van der Waals surface area contributed by atoms with Gasteiger partial charge < -0.3 is 31.9 Å². The highest BCUT2D eigenvalue weighted by atomic mass is 32.2. The lowest BCUT2D eigenvalue weighted by Crippen LogP contribution is -2.57. The first-order chi connectivity index (χ1) is 13.4. The first-order valence-electron chi connectivity index (χ1n) is 9.47. The van der Waals surface area contributed by atoms with Crippen LogP contribution in [0.5, 0.6) is 0 Å². The SMILES string of the molecule is CSCCC(NC(=O)C(C)NC(=O)C(N)CC(C)C)C(=O)NC(C(=O)O)C(C)O. The Morgan fingerprint density at radius 1 is 0.966 bits per heavy atom. The van der Waals surface area contributed by atoms with E-state index in [1.807, 2.05) is 20.1 Å². The van der Waals surface area contributed by atoms with Crippen molar-refractivity contribution in [3.05, 3.63) is 0 Å². The van der Waals surface area contributed by atoms with E-state index >= 15 is 0 Å². The second-order valence-corrected chi connectivity index (χ2v) is 8.36. The van der Waals surface area contributed by atoms with Gasteiger partial charge >= 0.3 is 5.97 Å². The molecule has 11 heteroatoms. The third-order valence-electron chi connectivity index (χ3n) is 4.10. The Labute approximate surface area is 175 Å². The molecular weight excluding hydrogens is 400 g/mol. The number of aliphatic hydroxyl groups excluding tert-OH is 1. The first-order valence-corrected chi connectivity index (χ1v) is 10.9. The van der Waals surface area contributed by atoms with Crippen molar-refractivity contribution in [3.8, 4) is 0 Å². The largest absolute Gasteiger partial charge is 0.480 e. The lowest BCUT2D eigenvalue weighted by molar-refractivity contribution is -0.145. The van der Waals surface area contributed by atoms with Crippen LogP contribution < -0.4 is 21.7 Å². The average molecular weight is 435 g/mol. The van der Waals surface area contributed by atoms with Crippen molar-refractivity contribution in [3.63, 3.8) is 0 Å². The second kappa shape index (κ2) is 13.4. The zero-order chi connectivity index (χ0) is 22.7. The summed E-state index contributed by atoms with van der Waals surface area (Å²) in [5, 5.41) is 25.9. The van der Waals surface area contributed by atoms with Gasteiger partial charge in [0.25, 0.3) is 0 Å². The van der Waals surface area contributed by atoms with Crippen molar-refractivity contribution in [2.75, 3.05) is 12.0 Å². The fraction of sp³-hybridized carbons (Fsp3) is 0.778. The van der Waals surface area contributed by atoms with Crippen LogP contribution in [-0.2, 0) is 19.2 Å². The van der Waals surface area contributed by atoms with Crippen LogP contribution in [0.15, 0.2) is 0 Å². The molecule has 29 heavy (non-hydrogen) atoms. The van der Waals surface area contributed by atoms with E-state index < -0.39 is 54.0 Å². The van der Waals surface area contributed by atoms with Gasteiger partial charge in [0.05, 0.1) is 12.1 Å². The third kappa shape index (κ3) is 10.5. The van der Waals surface area contributed by atoms with Gasteiger partial charge in [-0.2, -0.15) is 11.8 Å². The highest BCUT2D eigenvalue weighted by molar-refractivity contribution is 7.98. The Hall–Kier alpha value is -1.85. The molecule has 0 aromatic carbocycles. The highest BCUT2D eigenvalue weighted by Gasteiger charge is 2.30. The minimum Gasteiger partial charge on any atom is -0.480 e. The van der Waals surface area contributed by atoms with Crippen LogP contribution in [0.2, 0.25) is 0 Å². The number of hydrogen-bond donors (Lipinski definition) is 6. The predicted molar refractivity (Wildman–Crippen MR) is 111 cm³/mol. The lowest BCUT2D eigenvalue weighted by atomic mass is 10.0. The van der Waals surface area contributed by atoms with Gasteiger partial charge in [0.1, 0.15) is 12.1 Å². The molecule has 3 amide bonds. The molecule has 0 spiro atoms. The topological polar surface area (TPSA) is 171 Å². The smallest absolute Gasteiger partial charge is 0.328 e. The number of nitrogens with two attached hydrogens (primary N) is 1. The molecule has 168 valence electrons. The number of aliphatic hydroxyl groups is 1. The molecule has 0 radical (unpaired) electrons. The number of thioether (sulfide) groups is 1. The van der Waals surface area contributed by atoms with E-state index in [0.29, 0.717) is 12.2 Å². The molecule has 0 aromatic heterocycles. The molecule has 0 heterocycles. The van der Waals surface area contributed by atoms with Crippen LogP contribution in [0.25, 0.3) is 0 Å². The maximum Gasteiger partial charge on any atom is 0.328 e. The van der Waals surface area contributed by atoms with Crippen molar-refractivity contribution in [2.24, 2.45) is 11.7 Å². The normalized spacial score (nSPS) is 16.3. The molecule has 5 unspecified atom stereocenters. The van der Waals surface area contributed by atoms with Gasteiger partial charge in [-0.3, -0.25) is 14.4 Å². The Balaban J connectivity index is 5.02. The van der Waals surface area contributed by atoms with Crippen LogP contribution >= 0.6 is 11.8 Å². The van der Waals surface area contributed by atoms with Gasteiger partial charge in [-0.1, -0.05) is 13.8 Å². The van der Waals surface area contributed by atoms with Crippen LogP contribution in [0.4, 0.5) is 0 Å². The number of amides is 3. The monoisotopic (exact) mass is 434 g/mol.